The maximum absolute atomic E-state index is 12.9. The number of nitrogens with zero attached hydrogens (tertiary/aromatic N) is 2. The largest absolute Gasteiger partial charge is 0.355 e. The monoisotopic (exact) mass is 338 g/mol. The number of amides is 3. The fourth-order valence-electron chi connectivity index (χ4n) is 3.67. The molecule has 0 aromatic heterocycles. The summed E-state index contributed by atoms with van der Waals surface area (Å²) in [7, 11) is 0. The average Bonchev–Trinajstić information content (AvgIpc) is 3.07. The third-order valence-electron chi connectivity index (χ3n) is 4.92. The lowest BCUT2D eigenvalue weighted by Gasteiger charge is -2.37. The van der Waals surface area contributed by atoms with E-state index < -0.39 is 0 Å². The Labute approximate surface area is 144 Å². The Bertz CT molecular complexity index is 455. The second-order valence-electron chi connectivity index (χ2n) is 6.78. The molecule has 2 fully saturated rings. The quantitative estimate of drug-likeness (QED) is 0.712. The minimum absolute atomic E-state index is 0.0272. The Kier molecular flexibility index (Phi) is 7.02. The predicted molar refractivity (Wildman–Crippen MR) is 91.3 cm³/mol. The Balaban J connectivity index is 1.87. The minimum atomic E-state index is -0.389. The van der Waals surface area contributed by atoms with Crippen molar-refractivity contribution in [3.05, 3.63) is 0 Å². The Morgan fingerprint density at radius 2 is 1.71 bits per heavy atom. The van der Waals surface area contributed by atoms with E-state index in [-0.39, 0.29) is 29.7 Å². The molecule has 1 aliphatic heterocycles. The standard InChI is InChI=1S/C17H30N4O3/c1-3-18-15(23)12-20-8-10-21(11-9-20)17(24)16(19-13(2)22)14-6-4-5-7-14/h14,16H,3-12H2,1-2H3,(H,18,23)(H,19,22). The molecule has 136 valence electrons. The second-order valence-corrected chi connectivity index (χ2v) is 6.78. The molecule has 7 heteroatoms. The molecule has 2 N–H and O–H groups in total. The highest BCUT2D eigenvalue weighted by molar-refractivity contribution is 5.87. The normalized spacial score (nSPS) is 20.7. The molecule has 0 spiro atoms. The van der Waals surface area contributed by atoms with Gasteiger partial charge < -0.3 is 15.5 Å². The van der Waals surface area contributed by atoms with Crippen molar-refractivity contribution in [1.29, 1.82) is 0 Å². The van der Waals surface area contributed by atoms with E-state index in [4.69, 9.17) is 0 Å². The highest BCUT2D eigenvalue weighted by Crippen LogP contribution is 2.28. The van der Waals surface area contributed by atoms with Crippen molar-refractivity contribution in [2.45, 2.75) is 45.6 Å². The van der Waals surface area contributed by atoms with Gasteiger partial charge in [-0.3, -0.25) is 19.3 Å². The van der Waals surface area contributed by atoms with Crippen LogP contribution in [0.1, 0.15) is 39.5 Å². The van der Waals surface area contributed by atoms with Gasteiger partial charge in [0, 0.05) is 39.6 Å². The van der Waals surface area contributed by atoms with Crippen LogP contribution in [0.2, 0.25) is 0 Å². The van der Waals surface area contributed by atoms with E-state index >= 15 is 0 Å². The van der Waals surface area contributed by atoms with Crippen molar-refractivity contribution in [2.75, 3.05) is 39.3 Å². The SMILES string of the molecule is CCNC(=O)CN1CCN(C(=O)C(NC(C)=O)C2CCCC2)CC1. The van der Waals surface area contributed by atoms with Gasteiger partial charge in [0.25, 0.3) is 0 Å². The molecule has 1 aliphatic carbocycles. The van der Waals surface area contributed by atoms with E-state index in [1.807, 2.05) is 11.8 Å². The van der Waals surface area contributed by atoms with Gasteiger partial charge in [0.2, 0.25) is 17.7 Å². The van der Waals surface area contributed by atoms with Crippen molar-refractivity contribution in [3.8, 4) is 0 Å². The summed E-state index contributed by atoms with van der Waals surface area (Å²) in [5.41, 5.74) is 0. The second kappa shape index (κ2) is 9.01. The topological polar surface area (TPSA) is 81.8 Å². The van der Waals surface area contributed by atoms with Crippen molar-refractivity contribution in [1.82, 2.24) is 20.4 Å². The van der Waals surface area contributed by atoms with Crippen LogP contribution in [-0.2, 0) is 14.4 Å². The number of carbonyl (C=O) groups is 3. The van der Waals surface area contributed by atoms with Crippen LogP contribution < -0.4 is 10.6 Å². The zero-order valence-electron chi connectivity index (χ0n) is 14.8. The Morgan fingerprint density at radius 3 is 2.25 bits per heavy atom. The molecule has 24 heavy (non-hydrogen) atoms. The lowest BCUT2D eigenvalue weighted by atomic mass is 9.96. The van der Waals surface area contributed by atoms with E-state index in [0.29, 0.717) is 39.3 Å². The van der Waals surface area contributed by atoms with Crippen LogP contribution in [0.25, 0.3) is 0 Å². The maximum atomic E-state index is 12.9. The molecule has 0 aromatic rings. The minimum Gasteiger partial charge on any atom is -0.355 e. The summed E-state index contributed by atoms with van der Waals surface area (Å²) in [6.07, 6.45) is 4.28. The molecule has 1 heterocycles. The average molecular weight is 338 g/mol. The molecule has 0 bridgehead atoms. The number of carbonyl (C=O) groups excluding carboxylic acids is 3. The van der Waals surface area contributed by atoms with E-state index in [1.54, 1.807) is 0 Å². The molecule has 1 atom stereocenters. The molecule has 2 rings (SSSR count). The Morgan fingerprint density at radius 1 is 1.08 bits per heavy atom. The van der Waals surface area contributed by atoms with Crippen LogP contribution in [0.5, 0.6) is 0 Å². The van der Waals surface area contributed by atoms with Crippen molar-refractivity contribution >= 4 is 17.7 Å². The van der Waals surface area contributed by atoms with Gasteiger partial charge in [0.1, 0.15) is 6.04 Å². The maximum Gasteiger partial charge on any atom is 0.245 e. The number of piperazine rings is 1. The molecule has 1 unspecified atom stereocenters. The fraction of sp³-hybridized carbons (Fsp3) is 0.824. The molecule has 3 amide bonds. The fourth-order valence-corrected chi connectivity index (χ4v) is 3.67. The highest BCUT2D eigenvalue weighted by atomic mass is 16.2. The zero-order valence-corrected chi connectivity index (χ0v) is 14.8. The summed E-state index contributed by atoms with van der Waals surface area (Å²) >= 11 is 0. The number of likely N-dealkylation sites (N-methyl/N-ethyl adjacent to an activating group) is 1. The Hall–Kier alpha value is -1.63. The van der Waals surface area contributed by atoms with E-state index in [9.17, 15) is 14.4 Å². The number of hydrogen-bond donors (Lipinski definition) is 2. The van der Waals surface area contributed by atoms with Gasteiger partial charge in [-0.05, 0) is 25.7 Å². The van der Waals surface area contributed by atoms with E-state index in [0.717, 1.165) is 25.7 Å². The van der Waals surface area contributed by atoms with Crippen LogP contribution in [0, 0.1) is 5.92 Å². The van der Waals surface area contributed by atoms with Gasteiger partial charge in [0.05, 0.1) is 6.54 Å². The predicted octanol–water partition coefficient (Wildman–Crippen LogP) is -0.0384. The van der Waals surface area contributed by atoms with Gasteiger partial charge in [0.15, 0.2) is 0 Å². The summed E-state index contributed by atoms with van der Waals surface area (Å²) in [5, 5.41) is 5.67. The molecule has 0 aromatic carbocycles. The summed E-state index contributed by atoms with van der Waals surface area (Å²) in [4.78, 5) is 39.9. The van der Waals surface area contributed by atoms with Crippen LogP contribution in [-0.4, -0.2) is 72.8 Å². The van der Waals surface area contributed by atoms with Crippen LogP contribution in [0.4, 0.5) is 0 Å². The molecule has 7 nitrogen and oxygen atoms in total. The number of nitrogens with one attached hydrogen (secondary N) is 2. The van der Waals surface area contributed by atoms with E-state index in [1.165, 1.54) is 6.92 Å². The molecular formula is C17H30N4O3. The van der Waals surface area contributed by atoms with Gasteiger partial charge in [-0.15, -0.1) is 0 Å². The summed E-state index contributed by atoms with van der Waals surface area (Å²) in [6, 6.07) is -0.389. The highest BCUT2D eigenvalue weighted by Gasteiger charge is 2.35. The molecule has 2 aliphatic rings. The lowest BCUT2D eigenvalue weighted by molar-refractivity contribution is -0.139. The molecule has 1 saturated carbocycles. The van der Waals surface area contributed by atoms with Gasteiger partial charge in [-0.25, -0.2) is 0 Å². The first kappa shape index (κ1) is 18.7. The van der Waals surface area contributed by atoms with Crippen molar-refractivity contribution < 1.29 is 14.4 Å². The smallest absolute Gasteiger partial charge is 0.245 e. The summed E-state index contributed by atoms with van der Waals surface area (Å²) in [6.45, 7) is 7.01. The first-order valence-electron chi connectivity index (χ1n) is 9.06. The molecular weight excluding hydrogens is 308 g/mol. The number of hydrogen-bond acceptors (Lipinski definition) is 4. The van der Waals surface area contributed by atoms with Gasteiger partial charge in [-0.1, -0.05) is 12.8 Å². The van der Waals surface area contributed by atoms with Gasteiger partial charge in [-0.2, -0.15) is 0 Å². The van der Waals surface area contributed by atoms with E-state index in [2.05, 4.69) is 15.5 Å². The van der Waals surface area contributed by atoms with Crippen molar-refractivity contribution in [2.24, 2.45) is 5.92 Å². The molecule has 0 radical (unpaired) electrons. The summed E-state index contributed by atoms with van der Waals surface area (Å²) in [5.74, 6) is 0.180. The van der Waals surface area contributed by atoms with Crippen LogP contribution in [0.3, 0.4) is 0 Å². The lowest BCUT2D eigenvalue weighted by Crippen LogP contribution is -2.57. The summed E-state index contributed by atoms with van der Waals surface area (Å²) < 4.78 is 0. The van der Waals surface area contributed by atoms with Gasteiger partial charge >= 0.3 is 0 Å². The van der Waals surface area contributed by atoms with Crippen LogP contribution in [0.15, 0.2) is 0 Å². The third kappa shape index (κ3) is 5.19. The third-order valence-corrected chi connectivity index (χ3v) is 4.92. The molecule has 1 saturated heterocycles. The zero-order chi connectivity index (χ0) is 17.5. The first-order chi connectivity index (χ1) is 11.5. The van der Waals surface area contributed by atoms with Crippen molar-refractivity contribution in [3.63, 3.8) is 0 Å². The first-order valence-corrected chi connectivity index (χ1v) is 9.06. The number of rotatable bonds is 6. The van der Waals surface area contributed by atoms with Crippen LogP contribution >= 0.6 is 0 Å².